The molecule has 0 bridgehead atoms. The number of imidazole rings is 1. The van der Waals surface area contributed by atoms with Crippen LogP contribution < -0.4 is 5.32 Å². The molecule has 13 heavy (non-hydrogen) atoms. The van der Waals surface area contributed by atoms with Gasteiger partial charge in [-0.1, -0.05) is 0 Å². The van der Waals surface area contributed by atoms with E-state index in [0.717, 1.165) is 25.5 Å². The van der Waals surface area contributed by atoms with Gasteiger partial charge in [-0.05, 0) is 6.42 Å². The Balaban J connectivity index is 2.30. The number of nitrogens with one attached hydrogen (secondary N) is 1. The van der Waals surface area contributed by atoms with Crippen molar-refractivity contribution in [1.29, 1.82) is 0 Å². The Morgan fingerprint density at radius 3 is 3.31 bits per heavy atom. The first-order chi connectivity index (χ1) is 6.31. The monoisotopic (exact) mass is 181 g/mol. The average molecular weight is 181 g/mol. The first kappa shape index (κ1) is 8.10. The molecule has 0 saturated heterocycles. The predicted octanol–water partition coefficient (Wildman–Crippen LogP) is 0.485. The summed E-state index contributed by atoms with van der Waals surface area (Å²) < 4.78 is 6.50. The minimum atomic E-state index is -0.385. The summed E-state index contributed by atoms with van der Waals surface area (Å²) in [6, 6.07) is 0. The Bertz CT molecular complexity index is 309. The van der Waals surface area contributed by atoms with Gasteiger partial charge in [0.05, 0.1) is 7.11 Å². The quantitative estimate of drug-likeness (QED) is 0.640. The van der Waals surface area contributed by atoms with Crippen LogP contribution in [-0.4, -0.2) is 29.2 Å². The lowest BCUT2D eigenvalue weighted by molar-refractivity contribution is 0.0594. The molecule has 2 rings (SSSR count). The molecular formula is C8H11N3O2. The van der Waals surface area contributed by atoms with E-state index in [-0.39, 0.29) is 5.97 Å². The van der Waals surface area contributed by atoms with Crippen molar-refractivity contribution in [2.75, 3.05) is 19.0 Å². The average Bonchev–Trinajstić information content (AvgIpc) is 2.59. The van der Waals surface area contributed by atoms with Crippen LogP contribution in [0.25, 0.3) is 0 Å². The summed E-state index contributed by atoms with van der Waals surface area (Å²) in [5.74, 6) is 0.371. The molecule has 5 heteroatoms. The normalized spacial score (nSPS) is 14.5. The van der Waals surface area contributed by atoms with E-state index in [0.29, 0.717) is 5.69 Å². The van der Waals surface area contributed by atoms with Crippen LogP contribution >= 0.6 is 0 Å². The molecule has 1 aliphatic rings. The van der Waals surface area contributed by atoms with Crippen molar-refractivity contribution in [1.82, 2.24) is 9.55 Å². The molecule has 1 aliphatic heterocycles. The summed E-state index contributed by atoms with van der Waals surface area (Å²) in [4.78, 5) is 15.2. The fraction of sp³-hybridized carbons (Fsp3) is 0.500. The van der Waals surface area contributed by atoms with E-state index >= 15 is 0 Å². The van der Waals surface area contributed by atoms with Gasteiger partial charge in [-0.3, -0.25) is 0 Å². The molecule has 0 radical (unpaired) electrons. The number of hydrogen-bond donors (Lipinski definition) is 1. The third kappa shape index (κ3) is 1.37. The standard InChI is InChI=1S/C8H11N3O2/c1-13-7(12)6-5-11-4-2-3-9-8(11)10-6/h5H,2-4H2,1H3,(H,9,10). The van der Waals surface area contributed by atoms with E-state index in [1.54, 1.807) is 6.20 Å². The number of anilines is 1. The van der Waals surface area contributed by atoms with Crippen molar-refractivity contribution in [3.63, 3.8) is 0 Å². The van der Waals surface area contributed by atoms with Gasteiger partial charge in [0, 0.05) is 19.3 Å². The van der Waals surface area contributed by atoms with Crippen LogP contribution in [0.4, 0.5) is 5.95 Å². The maximum Gasteiger partial charge on any atom is 0.358 e. The number of aryl methyl sites for hydroxylation is 1. The van der Waals surface area contributed by atoms with Gasteiger partial charge >= 0.3 is 5.97 Å². The number of esters is 1. The molecular weight excluding hydrogens is 170 g/mol. The highest BCUT2D eigenvalue weighted by atomic mass is 16.5. The SMILES string of the molecule is COC(=O)c1cn2c(n1)NCCC2. The number of methoxy groups -OCH3 is 1. The summed E-state index contributed by atoms with van der Waals surface area (Å²) in [6.45, 7) is 1.82. The van der Waals surface area contributed by atoms with Crippen LogP contribution in [0, 0.1) is 0 Å². The Morgan fingerprint density at radius 2 is 2.62 bits per heavy atom. The zero-order valence-electron chi connectivity index (χ0n) is 7.41. The van der Waals surface area contributed by atoms with Crippen LogP contribution in [0.2, 0.25) is 0 Å². The Labute approximate surface area is 75.7 Å². The number of carbonyl (C=O) groups excluding carboxylic acids is 1. The molecule has 1 aromatic heterocycles. The molecule has 2 heterocycles. The molecule has 0 unspecified atom stereocenters. The van der Waals surface area contributed by atoms with Gasteiger partial charge < -0.3 is 14.6 Å². The highest BCUT2D eigenvalue weighted by Gasteiger charge is 2.16. The molecule has 0 amide bonds. The summed E-state index contributed by atoms with van der Waals surface area (Å²) >= 11 is 0. The van der Waals surface area contributed by atoms with Crippen LogP contribution in [0.3, 0.4) is 0 Å². The van der Waals surface area contributed by atoms with E-state index in [2.05, 4.69) is 15.0 Å². The Morgan fingerprint density at radius 1 is 1.77 bits per heavy atom. The number of carbonyl (C=O) groups is 1. The summed E-state index contributed by atoms with van der Waals surface area (Å²) in [5, 5.41) is 3.11. The van der Waals surface area contributed by atoms with E-state index in [9.17, 15) is 4.79 Å². The molecule has 0 spiro atoms. The van der Waals surface area contributed by atoms with Crippen molar-refractivity contribution in [2.24, 2.45) is 0 Å². The largest absolute Gasteiger partial charge is 0.464 e. The number of nitrogens with zero attached hydrogens (tertiary/aromatic N) is 2. The van der Waals surface area contributed by atoms with Crippen molar-refractivity contribution in [3.8, 4) is 0 Å². The minimum Gasteiger partial charge on any atom is -0.464 e. The van der Waals surface area contributed by atoms with Gasteiger partial charge in [0.2, 0.25) is 5.95 Å². The van der Waals surface area contributed by atoms with Crippen molar-refractivity contribution < 1.29 is 9.53 Å². The minimum absolute atomic E-state index is 0.368. The van der Waals surface area contributed by atoms with Gasteiger partial charge in [0.25, 0.3) is 0 Å². The second kappa shape index (κ2) is 3.08. The first-order valence-electron chi connectivity index (χ1n) is 4.20. The number of ether oxygens (including phenoxy) is 1. The maximum atomic E-state index is 11.1. The second-order valence-corrected chi connectivity index (χ2v) is 2.92. The van der Waals surface area contributed by atoms with Crippen LogP contribution in [0.1, 0.15) is 16.9 Å². The van der Waals surface area contributed by atoms with E-state index in [1.807, 2.05) is 4.57 Å². The molecule has 70 valence electrons. The van der Waals surface area contributed by atoms with Gasteiger partial charge in [-0.2, -0.15) is 0 Å². The molecule has 0 aliphatic carbocycles. The molecule has 5 nitrogen and oxygen atoms in total. The third-order valence-corrected chi connectivity index (χ3v) is 2.03. The number of rotatable bonds is 1. The van der Waals surface area contributed by atoms with Gasteiger partial charge in [0.15, 0.2) is 5.69 Å². The highest BCUT2D eigenvalue weighted by molar-refractivity contribution is 5.87. The zero-order chi connectivity index (χ0) is 9.26. The molecule has 0 saturated carbocycles. The van der Waals surface area contributed by atoms with E-state index in [4.69, 9.17) is 0 Å². The molecule has 0 atom stereocenters. The lowest BCUT2D eigenvalue weighted by Crippen LogP contribution is -2.16. The summed E-state index contributed by atoms with van der Waals surface area (Å²) in [6.07, 6.45) is 2.78. The fourth-order valence-corrected chi connectivity index (χ4v) is 1.38. The van der Waals surface area contributed by atoms with Crippen LogP contribution in [0.15, 0.2) is 6.20 Å². The predicted molar refractivity (Wildman–Crippen MR) is 46.7 cm³/mol. The van der Waals surface area contributed by atoms with Gasteiger partial charge in [0.1, 0.15) is 0 Å². The first-order valence-corrected chi connectivity index (χ1v) is 4.20. The highest BCUT2D eigenvalue weighted by Crippen LogP contribution is 2.14. The van der Waals surface area contributed by atoms with Gasteiger partial charge in [-0.15, -0.1) is 0 Å². The van der Waals surface area contributed by atoms with Crippen molar-refractivity contribution >= 4 is 11.9 Å². The fourth-order valence-electron chi connectivity index (χ4n) is 1.38. The van der Waals surface area contributed by atoms with E-state index in [1.165, 1.54) is 7.11 Å². The second-order valence-electron chi connectivity index (χ2n) is 2.92. The van der Waals surface area contributed by atoms with Crippen LogP contribution in [0.5, 0.6) is 0 Å². The number of fused-ring (bicyclic) bond motifs is 1. The van der Waals surface area contributed by atoms with Crippen molar-refractivity contribution in [3.05, 3.63) is 11.9 Å². The molecule has 0 aromatic carbocycles. The van der Waals surface area contributed by atoms with E-state index < -0.39 is 0 Å². The molecule has 1 N–H and O–H groups in total. The summed E-state index contributed by atoms with van der Waals surface area (Å²) in [7, 11) is 1.36. The lowest BCUT2D eigenvalue weighted by Gasteiger charge is -2.14. The lowest BCUT2D eigenvalue weighted by atomic mass is 10.4. The number of aromatic nitrogens is 2. The Kier molecular flexibility index (Phi) is 1.92. The Hall–Kier alpha value is -1.52. The zero-order valence-corrected chi connectivity index (χ0v) is 7.41. The van der Waals surface area contributed by atoms with Gasteiger partial charge in [-0.25, -0.2) is 9.78 Å². The molecule has 1 aromatic rings. The smallest absolute Gasteiger partial charge is 0.358 e. The number of hydrogen-bond acceptors (Lipinski definition) is 4. The topological polar surface area (TPSA) is 56.2 Å². The van der Waals surface area contributed by atoms with Crippen LogP contribution in [-0.2, 0) is 11.3 Å². The van der Waals surface area contributed by atoms with Crippen molar-refractivity contribution in [2.45, 2.75) is 13.0 Å². The molecule has 0 fully saturated rings. The summed E-state index contributed by atoms with van der Waals surface area (Å²) in [5.41, 5.74) is 0.368. The third-order valence-electron chi connectivity index (χ3n) is 2.03. The maximum absolute atomic E-state index is 11.1.